The summed E-state index contributed by atoms with van der Waals surface area (Å²) in [5.41, 5.74) is 7.00. The minimum Gasteiger partial charge on any atom is -0.396 e. The number of anilines is 2. The van der Waals surface area contributed by atoms with Crippen molar-refractivity contribution in [1.29, 1.82) is 0 Å². The van der Waals surface area contributed by atoms with Gasteiger partial charge in [-0.2, -0.15) is 0 Å². The minimum atomic E-state index is -3.90. The molecule has 0 radical (unpaired) electrons. The fraction of sp³-hybridized carbons (Fsp3) is 0.0714. The van der Waals surface area contributed by atoms with Crippen LogP contribution in [0.4, 0.5) is 15.8 Å². The van der Waals surface area contributed by atoms with E-state index in [1.165, 1.54) is 18.2 Å². The van der Waals surface area contributed by atoms with Crippen LogP contribution in [0.1, 0.15) is 5.69 Å². The summed E-state index contributed by atoms with van der Waals surface area (Å²) in [7, 11) is -3.90. The molecular formula is C14H12FN3O2S2. The van der Waals surface area contributed by atoms with Crippen molar-refractivity contribution in [1.82, 2.24) is 4.98 Å². The lowest BCUT2D eigenvalue weighted by Gasteiger charge is -2.06. The van der Waals surface area contributed by atoms with Crippen molar-refractivity contribution in [2.24, 2.45) is 0 Å². The van der Waals surface area contributed by atoms with E-state index in [0.29, 0.717) is 10.2 Å². The summed E-state index contributed by atoms with van der Waals surface area (Å²) in [5, 5.41) is 0.593. The molecule has 22 heavy (non-hydrogen) atoms. The highest BCUT2D eigenvalue weighted by molar-refractivity contribution is 7.95. The van der Waals surface area contributed by atoms with Gasteiger partial charge in [-0.25, -0.2) is 17.8 Å². The molecule has 0 saturated heterocycles. The molecule has 0 bridgehead atoms. The monoisotopic (exact) mass is 337 g/mol. The topological polar surface area (TPSA) is 85.1 Å². The number of hydrogen-bond acceptors (Lipinski definition) is 5. The number of nitrogens with one attached hydrogen (secondary N) is 1. The first kappa shape index (κ1) is 14.7. The number of aryl methyl sites for hydroxylation is 1. The number of halogens is 1. The van der Waals surface area contributed by atoms with E-state index in [1.54, 1.807) is 12.1 Å². The lowest BCUT2D eigenvalue weighted by Crippen LogP contribution is -2.13. The number of benzene rings is 1. The SMILES string of the molecule is Cc1ccc2c(N)c(S(=O)(=O)Nc3cccc(F)c3)sc2n1. The zero-order valence-electron chi connectivity index (χ0n) is 11.5. The Morgan fingerprint density at radius 3 is 2.77 bits per heavy atom. The van der Waals surface area contributed by atoms with Crippen molar-refractivity contribution >= 4 is 43.0 Å². The second-order valence-corrected chi connectivity index (χ2v) is 7.60. The number of pyridine rings is 1. The van der Waals surface area contributed by atoms with Gasteiger partial charge in [-0.1, -0.05) is 17.4 Å². The zero-order chi connectivity index (χ0) is 15.9. The maximum Gasteiger partial charge on any atom is 0.273 e. The van der Waals surface area contributed by atoms with Gasteiger partial charge in [0.1, 0.15) is 10.6 Å². The number of nitrogens with zero attached hydrogens (tertiary/aromatic N) is 1. The summed E-state index contributed by atoms with van der Waals surface area (Å²) in [5.74, 6) is -0.526. The predicted molar refractivity (Wildman–Crippen MR) is 86.0 cm³/mol. The number of rotatable bonds is 3. The Kier molecular flexibility index (Phi) is 3.50. The first-order chi connectivity index (χ1) is 10.4. The van der Waals surface area contributed by atoms with E-state index in [4.69, 9.17) is 5.73 Å². The first-order valence-electron chi connectivity index (χ1n) is 6.31. The minimum absolute atomic E-state index is 0.0233. The molecule has 2 heterocycles. The van der Waals surface area contributed by atoms with Crippen molar-refractivity contribution in [3.05, 3.63) is 47.9 Å². The second kappa shape index (κ2) is 5.22. The van der Waals surface area contributed by atoms with Gasteiger partial charge in [-0.05, 0) is 37.3 Å². The Labute approximate surface area is 130 Å². The Morgan fingerprint density at radius 1 is 1.27 bits per heavy atom. The van der Waals surface area contributed by atoms with Gasteiger partial charge in [-0.15, -0.1) is 0 Å². The molecule has 2 aromatic heterocycles. The summed E-state index contributed by atoms with van der Waals surface area (Å²) in [6.45, 7) is 1.81. The molecule has 0 atom stereocenters. The summed E-state index contributed by atoms with van der Waals surface area (Å²) in [4.78, 5) is 4.83. The van der Waals surface area contributed by atoms with Gasteiger partial charge in [0.15, 0.2) is 4.21 Å². The van der Waals surface area contributed by atoms with Crippen LogP contribution in [0.3, 0.4) is 0 Å². The summed E-state index contributed by atoms with van der Waals surface area (Å²) < 4.78 is 40.4. The third-order valence-electron chi connectivity index (χ3n) is 3.02. The molecule has 0 aliphatic heterocycles. The van der Waals surface area contributed by atoms with Crippen LogP contribution in [0.2, 0.25) is 0 Å². The van der Waals surface area contributed by atoms with Crippen LogP contribution in [0.5, 0.6) is 0 Å². The lowest BCUT2D eigenvalue weighted by molar-refractivity contribution is 0.603. The largest absolute Gasteiger partial charge is 0.396 e. The van der Waals surface area contributed by atoms with Crippen LogP contribution in [-0.4, -0.2) is 13.4 Å². The van der Waals surface area contributed by atoms with E-state index >= 15 is 0 Å². The smallest absolute Gasteiger partial charge is 0.273 e. The van der Waals surface area contributed by atoms with E-state index in [-0.39, 0.29) is 15.6 Å². The Bertz CT molecular complexity index is 967. The van der Waals surface area contributed by atoms with Gasteiger partial charge in [0.25, 0.3) is 10.0 Å². The molecule has 0 fully saturated rings. The third-order valence-corrected chi connectivity index (χ3v) is 6.05. The van der Waals surface area contributed by atoms with Gasteiger partial charge in [0, 0.05) is 11.1 Å². The quantitative estimate of drug-likeness (QED) is 0.769. The van der Waals surface area contributed by atoms with Crippen molar-refractivity contribution in [3.63, 3.8) is 0 Å². The molecule has 0 unspecified atom stereocenters. The van der Waals surface area contributed by atoms with Crippen molar-refractivity contribution in [2.75, 3.05) is 10.5 Å². The van der Waals surface area contributed by atoms with E-state index in [2.05, 4.69) is 9.71 Å². The van der Waals surface area contributed by atoms with Gasteiger partial charge in [-0.3, -0.25) is 4.72 Å². The van der Waals surface area contributed by atoms with Crippen LogP contribution in [-0.2, 0) is 10.0 Å². The standard InChI is InChI=1S/C14H12FN3O2S2/c1-8-5-6-11-12(16)14(21-13(11)17-8)22(19,20)18-10-4-2-3-9(15)7-10/h2-7,18H,16H2,1H3. The van der Waals surface area contributed by atoms with Crippen molar-refractivity contribution in [2.45, 2.75) is 11.1 Å². The second-order valence-electron chi connectivity index (χ2n) is 4.72. The molecule has 3 rings (SSSR count). The molecule has 114 valence electrons. The van der Waals surface area contributed by atoms with Crippen molar-refractivity contribution < 1.29 is 12.8 Å². The van der Waals surface area contributed by atoms with Crippen LogP contribution in [0, 0.1) is 12.7 Å². The highest BCUT2D eigenvalue weighted by Gasteiger charge is 2.23. The number of nitrogen functional groups attached to an aromatic ring is 1. The van der Waals surface area contributed by atoms with E-state index in [9.17, 15) is 12.8 Å². The molecule has 3 N–H and O–H groups in total. The average molecular weight is 337 g/mol. The fourth-order valence-electron chi connectivity index (χ4n) is 2.02. The lowest BCUT2D eigenvalue weighted by atomic mass is 10.3. The van der Waals surface area contributed by atoms with Gasteiger partial charge >= 0.3 is 0 Å². The summed E-state index contributed by atoms with van der Waals surface area (Å²) >= 11 is 0.988. The van der Waals surface area contributed by atoms with Gasteiger partial charge in [0.2, 0.25) is 0 Å². The van der Waals surface area contributed by atoms with Crippen LogP contribution < -0.4 is 10.5 Å². The van der Waals surface area contributed by atoms with Crippen LogP contribution in [0.25, 0.3) is 10.2 Å². The highest BCUT2D eigenvalue weighted by Crippen LogP contribution is 2.36. The average Bonchev–Trinajstić information content (AvgIpc) is 2.75. The number of thiophene rings is 1. The molecule has 3 aromatic rings. The zero-order valence-corrected chi connectivity index (χ0v) is 13.1. The Hall–Kier alpha value is -2.19. The number of hydrogen-bond donors (Lipinski definition) is 2. The number of aromatic nitrogens is 1. The van der Waals surface area contributed by atoms with Crippen molar-refractivity contribution in [3.8, 4) is 0 Å². The summed E-state index contributed by atoms with van der Waals surface area (Å²) in [6, 6.07) is 8.73. The molecule has 0 spiro atoms. The molecule has 0 aliphatic rings. The molecule has 1 aromatic carbocycles. The first-order valence-corrected chi connectivity index (χ1v) is 8.61. The van der Waals surface area contributed by atoms with E-state index in [1.807, 2.05) is 6.92 Å². The molecule has 0 amide bonds. The molecule has 0 saturated carbocycles. The molecule has 8 heteroatoms. The molecule has 0 aliphatic carbocycles. The molecular weight excluding hydrogens is 325 g/mol. The van der Waals surface area contributed by atoms with E-state index < -0.39 is 15.8 Å². The summed E-state index contributed by atoms with van der Waals surface area (Å²) in [6.07, 6.45) is 0. The Morgan fingerprint density at radius 2 is 2.05 bits per heavy atom. The highest BCUT2D eigenvalue weighted by atomic mass is 32.2. The molecule has 5 nitrogen and oxygen atoms in total. The fourth-order valence-corrected chi connectivity index (χ4v) is 4.62. The maximum atomic E-state index is 13.2. The number of nitrogens with two attached hydrogens (primary N) is 1. The van der Waals surface area contributed by atoms with E-state index in [0.717, 1.165) is 23.1 Å². The Balaban J connectivity index is 2.07. The maximum absolute atomic E-state index is 13.2. The number of fused-ring (bicyclic) bond motifs is 1. The van der Waals surface area contributed by atoms with Crippen LogP contribution >= 0.6 is 11.3 Å². The predicted octanol–water partition coefficient (Wildman–Crippen LogP) is 3.13. The van der Waals surface area contributed by atoms with Gasteiger partial charge < -0.3 is 5.73 Å². The van der Waals surface area contributed by atoms with Crippen LogP contribution in [0.15, 0.2) is 40.6 Å². The number of sulfonamides is 1. The van der Waals surface area contributed by atoms with Gasteiger partial charge in [0.05, 0.1) is 11.4 Å². The normalized spacial score (nSPS) is 11.7. The third kappa shape index (κ3) is 2.62.